The second-order valence-electron chi connectivity index (χ2n) is 4.45. The molecule has 4 heteroatoms. The first kappa shape index (κ1) is 12.1. The van der Waals surface area contributed by atoms with Crippen molar-refractivity contribution < 1.29 is 0 Å². The van der Waals surface area contributed by atoms with Gasteiger partial charge in [-0.25, -0.2) is 9.67 Å². The van der Waals surface area contributed by atoms with Crippen LogP contribution in [0.15, 0.2) is 61.2 Å². The first-order valence-corrected chi connectivity index (χ1v) is 6.29. The SMILES string of the molecule is N#Cc1ccccc1Cc1ccc(-n2cncn2)cc1. The molecule has 2 aromatic carbocycles. The maximum absolute atomic E-state index is 9.10. The highest BCUT2D eigenvalue weighted by Gasteiger charge is 2.03. The summed E-state index contributed by atoms with van der Waals surface area (Å²) in [6.45, 7) is 0. The number of rotatable bonds is 3. The average Bonchev–Trinajstić information content (AvgIpc) is 3.03. The van der Waals surface area contributed by atoms with Gasteiger partial charge in [0, 0.05) is 0 Å². The monoisotopic (exact) mass is 260 g/mol. The van der Waals surface area contributed by atoms with Crippen LogP contribution in [0, 0.1) is 11.3 Å². The molecule has 0 saturated carbocycles. The third-order valence-corrected chi connectivity index (χ3v) is 3.15. The number of nitrogens with zero attached hydrogens (tertiary/aromatic N) is 4. The maximum atomic E-state index is 9.10. The number of benzene rings is 2. The van der Waals surface area contributed by atoms with Crippen LogP contribution in [0.3, 0.4) is 0 Å². The van der Waals surface area contributed by atoms with Crippen molar-refractivity contribution in [1.29, 1.82) is 5.26 Å². The van der Waals surface area contributed by atoms with Gasteiger partial charge in [0.1, 0.15) is 12.7 Å². The second kappa shape index (κ2) is 5.37. The summed E-state index contributed by atoms with van der Waals surface area (Å²) in [6.07, 6.45) is 3.93. The van der Waals surface area contributed by atoms with Crippen LogP contribution in [0.4, 0.5) is 0 Å². The van der Waals surface area contributed by atoms with E-state index in [1.54, 1.807) is 11.0 Å². The van der Waals surface area contributed by atoms with Crippen LogP contribution < -0.4 is 0 Å². The first-order chi connectivity index (χ1) is 9.86. The molecule has 1 aromatic heterocycles. The molecule has 0 aliphatic heterocycles. The number of hydrogen-bond acceptors (Lipinski definition) is 3. The molecular weight excluding hydrogens is 248 g/mol. The summed E-state index contributed by atoms with van der Waals surface area (Å²) >= 11 is 0. The molecule has 0 aliphatic carbocycles. The normalized spacial score (nSPS) is 10.2. The van der Waals surface area contributed by atoms with Gasteiger partial charge in [0.15, 0.2) is 0 Å². The summed E-state index contributed by atoms with van der Waals surface area (Å²) < 4.78 is 1.72. The number of aromatic nitrogens is 3. The Morgan fingerprint density at radius 1 is 1.05 bits per heavy atom. The Labute approximate surface area is 116 Å². The molecule has 4 nitrogen and oxygen atoms in total. The van der Waals surface area contributed by atoms with Crippen molar-refractivity contribution >= 4 is 0 Å². The standard InChI is InChI=1S/C16H12N4/c17-10-15-4-2-1-3-14(15)9-13-5-7-16(8-6-13)20-12-18-11-19-20/h1-8,11-12H,9H2. The van der Waals surface area contributed by atoms with E-state index in [-0.39, 0.29) is 0 Å². The van der Waals surface area contributed by atoms with E-state index in [0.717, 1.165) is 28.8 Å². The zero-order valence-electron chi connectivity index (χ0n) is 10.8. The fraction of sp³-hybridized carbons (Fsp3) is 0.0625. The summed E-state index contributed by atoms with van der Waals surface area (Å²) in [5.41, 5.74) is 3.91. The summed E-state index contributed by atoms with van der Waals surface area (Å²) in [5, 5.41) is 13.2. The zero-order valence-corrected chi connectivity index (χ0v) is 10.8. The van der Waals surface area contributed by atoms with Crippen LogP contribution in [0.2, 0.25) is 0 Å². The quantitative estimate of drug-likeness (QED) is 0.727. The summed E-state index contributed by atoms with van der Waals surface area (Å²) in [7, 11) is 0. The molecule has 3 rings (SSSR count). The van der Waals surface area contributed by atoms with E-state index in [0.29, 0.717) is 0 Å². The maximum Gasteiger partial charge on any atom is 0.138 e. The van der Waals surface area contributed by atoms with E-state index >= 15 is 0 Å². The third-order valence-electron chi connectivity index (χ3n) is 3.15. The van der Waals surface area contributed by atoms with E-state index in [2.05, 4.69) is 16.2 Å². The predicted molar refractivity (Wildman–Crippen MR) is 75.3 cm³/mol. The van der Waals surface area contributed by atoms with Gasteiger partial charge < -0.3 is 0 Å². The van der Waals surface area contributed by atoms with Crippen molar-refractivity contribution in [2.24, 2.45) is 0 Å². The smallest absolute Gasteiger partial charge is 0.138 e. The van der Waals surface area contributed by atoms with Crippen molar-refractivity contribution in [2.75, 3.05) is 0 Å². The Balaban J connectivity index is 1.84. The molecule has 0 saturated heterocycles. The molecule has 3 aromatic rings. The molecule has 0 aliphatic rings. The highest BCUT2D eigenvalue weighted by atomic mass is 15.3. The summed E-state index contributed by atoms with van der Waals surface area (Å²) in [5.74, 6) is 0. The summed E-state index contributed by atoms with van der Waals surface area (Å²) in [6, 6.07) is 18.0. The van der Waals surface area contributed by atoms with Gasteiger partial charge in [0.25, 0.3) is 0 Å². The summed E-state index contributed by atoms with van der Waals surface area (Å²) in [4.78, 5) is 3.93. The molecule has 0 amide bonds. The molecule has 0 radical (unpaired) electrons. The van der Waals surface area contributed by atoms with Crippen molar-refractivity contribution in [3.63, 3.8) is 0 Å². The molecule has 0 unspecified atom stereocenters. The number of hydrogen-bond donors (Lipinski definition) is 0. The fourth-order valence-electron chi connectivity index (χ4n) is 2.11. The zero-order chi connectivity index (χ0) is 13.8. The molecule has 1 heterocycles. The molecule has 96 valence electrons. The predicted octanol–water partition coefficient (Wildman–Crippen LogP) is 2.73. The molecule has 20 heavy (non-hydrogen) atoms. The molecule has 0 spiro atoms. The Kier molecular flexibility index (Phi) is 3.25. The van der Waals surface area contributed by atoms with E-state index in [4.69, 9.17) is 5.26 Å². The van der Waals surface area contributed by atoms with Crippen molar-refractivity contribution in [3.05, 3.63) is 77.9 Å². The lowest BCUT2D eigenvalue weighted by molar-refractivity contribution is 0.878. The molecule has 0 fully saturated rings. The van der Waals surface area contributed by atoms with E-state index in [9.17, 15) is 0 Å². The van der Waals surface area contributed by atoms with Gasteiger partial charge in [-0.1, -0.05) is 30.3 Å². The Morgan fingerprint density at radius 3 is 2.55 bits per heavy atom. The van der Waals surface area contributed by atoms with Gasteiger partial charge >= 0.3 is 0 Å². The highest BCUT2D eigenvalue weighted by Crippen LogP contribution is 2.15. The first-order valence-electron chi connectivity index (χ1n) is 6.29. The Morgan fingerprint density at radius 2 is 1.85 bits per heavy atom. The van der Waals surface area contributed by atoms with Gasteiger partial charge in [-0.15, -0.1) is 0 Å². The lowest BCUT2D eigenvalue weighted by Gasteiger charge is -2.05. The van der Waals surface area contributed by atoms with Crippen molar-refractivity contribution in [3.8, 4) is 11.8 Å². The van der Waals surface area contributed by atoms with E-state index in [1.807, 2.05) is 48.5 Å². The van der Waals surface area contributed by atoms with Gasteiger partial charge in [-0.3, -0.25) is 0 Å². The lowest BCUT2D eigenvalue weighted by Crippen LogP contribution is -1.96. The van der Waals surface area contributed by atoms with Gasteiger partial charge in [-0.05, 0) is 35.7 Å². The molecule has 0 bridgehead atoms. The van der Waals surface area contributed by atoms with Crippen LogP contribution >= 0.6 is 0 Å². The van der Waals surface area contributed by atoms with E-state index in [1.165, 1.54) is 6.33 Å². The molecule has 0 N–H and O–H groups in total. The largest absolute Gasteiger partial charge is 0.223 e. The average molecular weight is 260 g/mol. The lowest BCUT2D eigenvalue weighted by atomic mass is 10.0. The Hall–Kier alpha value is -2.93. The molecule has 0 atom stereocenters. The minimum atomic E-state index is 0.729. The fourth-order valence-corrected chi connectivity index (χ4v) is 2.11. The third kappa shape index (κ3) is 2.43. The van der Waals surface area contributed by atoms with Crippen LogP contribution in [-0.4, -0.2) is 14.8 Å². The van der Waals surface area contributed by atoms with Crippen LogP contribution in [-0.2, 0) is 6.42 Å². The van der Waals surface area contributed by atoms with Crippen molar-refractivity contribution in [1.82, 2.24) is 14.8 Å². The topological polar surface area (TPSA) is 54.5 Å². The van der Waals surface area contributed by atoms with Crippen molar-refractivity contribution in [2.45, 2.75) is 6.42 Å². The van der Waals surface area contributed by atoms with Gasteiger partial charge in [-0.2, -0.15) is 10.4 Å². The van der Waals surface area contributed by atoms with Crippen LogP contribution in [0.5, 0.6) is 0 Å². The van der Waals surface area contributed by atoms with Crippen LogP contribution in [0.25, 0.3) is 5.69 Å². The van der Waals surface area contributed by atoms with E-state index < -0.39 is 0 Å². The minimum Gasteiger partial charge on any atom is -0.223 e. The van der Waals surface area contributed by atoms with Gasteiger partial charge in [0.2, 0.25) is 0 Å². The van der Waals surface area contributed by atoms with Crippen LogP contribution in [0.1, 0.15) is 16.7 Å². The minimum absolute atomic E-state index is 0.729. The Bertz CT molecular complexity index is 737. The van der Waals surface area contributed by atoms with Gasteiger partial charge in [0.05, 0.1) is 17.3 Å². The highest BCUT2D eigenvalue weighted by molar-refractivity contribution is 5.42. The molecular formula is C16H12N4. The second-order valence-corrected chi connectivity index (χ2v) is 4.45. The number of nitriles is 1.